The van der Waals surface area contributed by atoms with Gasteiger partial charge in [-0.1, -0.05) is 12.1 Å². The minimum Gasteiger partial charge on any atom is -0.467 e. The van der Waals surface area contributed by atoms with Gasteiger partial charge in [-0.2, -0.15) is 0 Å². The van der Waals surface area contributed by atoms with Crippen LogP contribution in [-0.4, -0.2) is 38.2 Å². The standard InChI is InChI=1S/C20H26N4O3/c1-21-20(24-14-18-8-4-10-27-18)23-12-15-5-2-6-16(11-15)19(25)22-13-17-7-3-9-26-17/h2-3,5-7,9,11,18H,4,8,10,12-14H2,1H3,(H,22,25)(H2,21,23,24). The highest BCUT2D eigenvalue weighted by atomic mass is 16.5. The molecule has 1 atom stereocenters. The number of hydrogen-bond acceptors (Lipinski definition) is 4. The second kappa shape index (κ2) is 9.78. The predicted octanol–water partition coefficient (Wildman–Crippen LogP) is 2.05. The van der Waals surface area contributed by atoms with Crippen LogP contribution in [0, 0.1) is 0 Å². The topological polar surface area (TPSA) is 87.9 Å². The number of aliphatic imine (C=N–C) groups is 1. The second-order valence-corrected chi connectivity index (χ2v) is 6.40. The zero-order valence-corrected chi connectivity index (χ0v) is 15.5. The van der Waals surface area contributed by atoms with Gasteiger partial charge in [0.15, 0.2) is 5.96 Å². The minimum absolute atomic E-state index is 0.130. The predicted molar refractivity (Wildman–Crippen MR) is 103 cm³/mol. The Kier molecular flexibility index (Phi) is 6.87. The third kappa shape index (κ3) is 5.86. The Balaban J connectivity index is 1.48. The Morgan fingerprint density at radius 2 is 2.11 bits per heavy atom. The van der Waals surface area contributed by atoms with Crippen LogP contribution >= 0.6 is 0 Å². The number of carbonyl (C=O) groups excluding carboxylic acids is 1. The highest BCUT2D eigenvalue weighted by Crippen LogP contribution is 2.10. The summed E-state index contributed by atoms with van der Waals surface area (Å²) in [5.74, 6) is 1.31. The van der Waals surface area contributed by atoms with Crippen LogP contribution in [0.25, 0.3) is 0 Å². The number of amides is 1. The Bertz CT molecular complexity index is 752. The lowest BCUT2D eigenvalue weighted by Gasteiger charge is -2.15. The number of guanidine groups is 1. The molecule has 1 fully saturated rings. The van der Waals surface area contributed by atoms with Crippen molar-refractivity contribution in [3.8, 4) is 0 Å². The maximum atomic E-state index is 12.3. The van der Waals surface area contributed by atoms with E-state index in [1.165, 1.54) is 0 Å². The molecule has 2 heterocycles. The largest absolute Gasteiger partial charge is 0.467 e. The molecule has 1 unspecified atom stereocenters. The van der Waals surface area contributed by atoms with Crippen molar-refractivity contribution >= 4 is 11.9 Å². The van der Waals surface area contributed by atoms with Gasteiger partial charge in [-0.3, -0.25) is 9.79 Å². The summed E-state index contributed by atoms with van der Waals surface area (Å²) in [6, 6.07) is 11.2. The summed E-state index contributed by atoms with van der Waals surface area (Å²) in [6.45, 7) is 2.53. The monoisotopic (exact) mass is 370 g/mol. The molecule has 1 amide bonds. The Hall–Kier alpha value is -2.80. The molecule has 1 aromatic heterocycles. The van der Waals surface area contributed by atoms with Crippen molar-refractivity contribution in [1.29, 1.82) is 0 Å². The third-order valence-corrected chi connectivity index (χ3v) is 4.40. The molecule has 0 bridgehead atoms. The van der Waals surface area contributed by atoms with Crippen LogP contribution in [0.5, 0.6) is 0 Å². The van der Waals surface area contributed by atoms with Gasteiger partial charge in [0.25, 0.3) is 5.91 Å². The van der Waals surface area contributed by atoms with Gasteiger partial charge < -0.3 is 25.1 Å². The Morgan fingerprint density at radius 3 is 2.85 bits per heavy atom. The number of nitrogens with one attached hydrogen (secondary N) is 3. The number of hydrogen-bond donors (Lipinski definition) is 3. The maximum Gasteiger partial charge on any atom is 0.251 e. The van der Waals surface area contributed by atoms with E-state index in [0.717, 1.165) is 43.3 Å². The summed E-state index contributed by atoms with van der Waals surface area (Å²) in [6.07, 6.45) is 4.05. The van der Waals surface area contributed by atoms with Crippen LogP contribution in [0.1, 0.15) is 34.5 Å². The SMILES string of the molecule is CN=C(NCc1cccc(C(=O)NCc2ccco2)c1)NCC1CCCO1. The third-order valence-electron chi connectivity index (χ3n) is 4.40. The van der Waals surface area contributed by atoms with Crippen LogP contribution in [0.4, 0.5) is 0 Å². The van der Waals surface area contributed by atoms with E-state index < -0.39 is 0 Å². The lowest BCUT2D eigenvalue weighted by atomic mass is 10.1. The van der Waals surface area contributed by atoms with Gasteiger partial charge in [-0.05, 0) is 42.7 Å². The molecule has 7 nitrogen and oxygen atoms in total. The number of nitrogens with zero attached hydrogens (tertiary/aromatic N) is 1. The van der Waals surface area contributed by atoms with Crippen LogP contribution in [0.2, 0.25) is 0 Å². The normalized spacial score (nSPS) is 16.9. The molecule has 0 aliphatic carbocycles. The summed E-state index contributed by atoms with van der Waals surface area (Å²) in [7, 11) is 1.74. The molecule has 27 heavy (non-hydrogen) atoms. The first-order chi connectivity index (χ1) is 13.2. The molecule has 7 heteroatoms. The lowest BCUT2D eigenvalue weighted by molar-refractivity contribution is 0.0948. The molecule has 2 aromatic rings. The molecule has 3 N–H and O–H groups in total. The highest BCUT2D eigenvalue weighted by Gasteiger charge is 2.15. The second-order valence-electron chi connectivity index (χ2n) is 6.40. The van der Waals surface area contributed by atoms with Gasteiger partial charge in [0.05, 0.1) is 18.9 Å². The van der Waals surface area contributed by atoms with Crippen LogP contribution < -0.4 is 16.0 Å². The van der Waals surface area contributed by atoms with Crippen molar-refractivity contribution in [2.24, 2.45) is 4.99 Å². The van der Waals surface area contributed by atoms with E-state index in [2.05, 4.69) is 20.9 Å². The van der Waals surface area contributed by atoms with E-state index in [-0.39, 0.29) is 12.0 Å². The fourth-order valence-corrected chi connectivity index (χ4v) is 2.93. The minimum atomic E-state index is -0.130. The van der Waals surface area contributed by atoms with Crippen molar-refractivity contribution < 1.29 is 13.9 Å². The maximum absolute atomic E-state index is 12.3. The Labute approximate surface area is 159 Å². The van der Waals surface area contributed by atoms with Gasteiger partial charge >= 0.3 is 0 Å². The molecular weight excluding hydrogens is 344 g/mol. The van der Waals surface area contributed by atoms with E-state index >= 15 is 0 Å². The summed E-state index contributed by atoms with van der Waals surface area (Å²) < 4.78 is 10.8. The van der Waals surface area contributed by atoms with E-state index in [4.69, 9.17) is 9.15 Å². The molecule has 0 radical (unpaired) electrons. The van der Waals surface area contributed by atoms with Crippen LogP contribution in [-0.2, 0) is 17.8 Å². The van der Waals surface area contributed by atoms with E-state index in [1.54, 1.807) is 25.4 Å². The summed E-state index contributed by atoms with van der Waals surface area (Å²) in [4.78, 5) is 16.5. The molecule has 144 valence electrons. The molecule has 1 aliphatic rings. The smallest absolute Gasteiger partial charge is 0.251 e. The zero-order valence-electron chi connectivity index (χ0n) is 15.5. The molecule has 0 spiro atoms. The molecule has 0 saturated carbocycles. The van der Waals surface area contributed by atoms with Gasteiger partial charge in [0, 0.05) is 32.3 Å². The van der Waals surface area contributed by atoms with Crippen molar-refractivity contribution in [1.82, 2.24) is 16.0 Å². The molecule has 1 aromatic carbocycles. The number of rotatable bonds is 7. The van der Waals surface area contributed by atoms with Crippen molar-refractivity contribution in [2.75, 3.05) is 20.2 Å². The van der Waals surface area contributed by atoms with E-state index in [0.29, 0.717) is 18.7 Å². The van der Waals surface area contributed by atoms with Gasteiger partial charge in [-0.25, -0.2) is 0 Å². The summed E-state index contributed by atoms with van der Waals surface area (Å²) in [5.41, 5.74) is 1.61. The number of ether oxygens (including phenoxy) is 1. The molecule has 3 rings (SSSR count). The molecule has 1 aliphatic heterocycles. The van der Waals surface area contributed by atoms with Crippen LogP contribution in [0.15, 0.2) is 52.1 Å². The van der Waals surface area contributed by atoms with Crippen LogP contribution in [0.3, 0.4) is 0 Å². The molecule has 1 saturated heterocycles. The van der Waals surface area contributed by atoms with Gasteiger partial charge in [0.1, 0.15) is 5.76 Å². The fraction of sp³-hybridized carbons (Fsp3) is 0.400. The van der Waals surface area contributed by atoms with E-state index in [1.807, 2.05) is 24.3 Å². The first-order valence-electron chi connectivity index (χ1n) is 9.20. The Morgan fingerprint density at radius 1 is 1.19 bits per heavy atom. The first kappa shape index (κ1) is 19.0. The average molecular weight is 370 g/mol. The summed E-state index contributed by atoms with van der Waals surface area (Å²) >= 11 is 0. The lowest BCUT2D eigenvalue weighted by Crippen LogP contribution is -2.40. The fourth-order valence-electron chi connectivity index (χ4n) is 2.93. The number of carbonyl (C=O) groups is 1. The van der Waals surface area contributed by atoms with Crippen molar-refractivity contribution in [2.45, 2.75) is 32.0 Å². The zero-order chi connectivity index (χ0) is 18.9. The van der Waals surface area contributed by atoms with Crippen molar-refractivity contribution in [3.05, 3.63) is 59.5 Å². The number of benzene rings is 1. The highest BCUT2D eigenvalue weighted by molar-refractivity contribution is 5.94. The quantitative estimate of drug-likeness (QED) is 0.513. The van der Waals surface area contributed by atoms with Gasteiger partial charge in [0.2, 0.25) is 0 Å². The van der Waals surface area contributed by atoms with Crippen molar-refractivity contribution in [3.63, 3.8) is 0 Å². The first-order valence-corrected chi connectivity index (χ1v) is 9.20. The summed E-state index contributed by atoms with van der Waals surface area (Å²) in [5, 5.41) is 9.40. The average Bonchev–Trinajstić information content (AvgIpc) is 3.40. The number of furan rings is 1. The van der Waals surface area contributed by atoms with E-state index in [9.17, 15) is 4.79 Å². The van der Waals surface area contributed by atoms with Gasteiger partial charge in [-0.15, -0.1) is 0 Å². The molecular formula is C20H26N4O3.